The number of benzene rings is 1. The Hall–Kier alpha value is -2.25. The molecule has 2 rings (SSSR count). The first-order chi connectivity index (χ1) is 16.1. The lowest BCUT2D eigenvalue weighted by Crippen LogP contribution is -2.28. The highest BCUT2D eigenvalue weighted by molar-refractivity contribution is 7.99. The van der Waals surface area contributed by atoms with Crippen molar-refractivity contribution in [3.8, 4) is 0 Å². The molecule has 1 aromatic heterocycles. The zero-order valence-electron chi connectivity index (χ0n) is 19.7. The monoisotopic (exact) mass is 476 g/mol. The number of rotatable bonds is 16. The van der Waals surface area contributed by atoms with E-state index in [1.807, 2.05) is 30.3 Å². The van der Waals surface area contributed by atoms with Crippen molar-refractivity contribution in [3.63, 3.8) is 0 Å². The normalized spacial score (nSPS) is 12.8. The molecule has 0 spiro atoms. The minimum atomic E-state index is -1.30. The van der Waals surface area contributed by atoms with Crippen molar-refractivity contribution in [2.24, 2.45) is 0 Å². The topological polar surface area (TPSA) is 86.0 Å². The fourth-order valence-corrected chi connectivity index (χ4v) is 5.02. The number of esters is 2. The lowest BCUT2D eigenvalue weighted by atomic mass is 9.96. The van der Waals surface area contributed by atoms with Crippen molar-refractivity contribution >= 4 is 23.7 Å². The van der Waals surface area contributed by atoms with Crippen LogP contribution in [0.15, 0.2) is 47.1 Å². The van der Waals surface area contributed by atoms with Gasteiger partial charge in [-0.1, -0.05) is 49.9 Å². The first kappa shape index (κ1) is 27.0. The maximum absolute atomic E-state index is 12.1. The van der Waals surface area contributed by atoms with Gasteiger partial charge in [0, 0.05) is 12.2 Å². The Kier molecular flexibility index (Phi) is 12.7. The zero-order valence-corrected chi connectivity index (χ0v) is 20.5. The molecule has 0 saturated carbocycles. The second-order valence-corrected chi connectivity index (χ2v) is 9.23. The molecule has 0 bridgehead atoms. The summed E-state index contributed by atoms with van der Waals surface area (Å²) < 4.78 is 14.8. The van der Waals surface area contributed by atoms with Gasteiger partial charge in [-0.05, 0) is 42.5 Å². The van der Waals surface area contributed by atoms with E-state index in [0.29, 0.717) is 5.75 Å². The molecule has 0 aliphatic rings. The molecule has 0 amide bonds. The Morgan fingerprint density at radius 1 is 0.939 bits per heavy atom. The number of aliphatic hydroxyl groups excluding tert-OH is 1. The van der Waals surface area contributed by atoms with Crippen molar-refractivity contribution < 1.29 is 28.6 Å². The van der Waals surface area contributed by atoms with Crippen LogP contribution in [0.4, 0.5) is 0 Å². The maximum atomic E-state index is 12.1. The Balaban J connectivity index is 1.85. The van der Waals surface area contributed by atoms with Gasteiger partial charge in [0.2, 0.25) is 0 Å². The van der Waals surface area contributed by atoms with Gasteiger partial charge < -0.3 is 19.0 Å². The number of aliphatic hydroxyl groups is 1. The van der Waals surface area contributed by atoms with E-state index in [1.165, 1.54) is 45.2 Å². The van der Waals surface area contributed by atoms with E-state index in [-0.39, 0.29) is 12.4 Å². The highest BCUT2D eigenvalue weighted by Crippen LogP contribution is 2.36. The van der Waals surface area contributed by atoms with E-state index in [4.69, 9.17) is 13.9 Å². The predicted molar refractivity (Wildman–Crippen MR) is 130 cm³/mol. The number of methoxy groups -OCH3 is 2. The van der Waals surface area contributed by atoms with Gasteiger partial charge in [0.1, 0.15) is 5.76 Å². The standard InChI is InChI=1S/C26H36O6S/c1-30-23(27)17-19-33-25(24(28)26(29)31-2)22-16-10-9-13-20(22)12-7-5-3-4-6-8-14-21-15-11-18-32-21/h9-11,13,15-16,18,24-25,28H,3-8,12,14,17,19H2,1-2H3. The molecular formula is C26H36O6S. The molecule has 1 heterocycles. The molecule has 6 nitrogen and oxygen atoms in total. The molecule has 2 atom stereocenters. The average Bonchev–Trinajstić information content (AvgIpc) is 3.36. The minimum absolute atomic E-state index is 0.216. The molecule has 33 heavy (non-hydrogen) atoms. The van der Waals surface area contributed by atoms with Gasteiger partial charge in [0.05, 0.1) is 32.2 Å². The van der Waals surface area contributed by atoms with Crippen LogP contribution in [0, 0.1) is 0 Å². The molecule has 0 aliphatic carbocycles. The van der Waals surface area contributed by atoms with Gasteiger partial charge in [-0.2, -0.15) is 0 Å². The molecule has 0 aliphatic heterocycles. The highest BCUT2D eigenvalue weighted by Gasteiger charge is 2.30. The van der Waals surface area contributed by atoms with E-state index in [2.05, 4.69) is 6.07 Å². The van der Waals surface area contributed by atoms with Crippen LogP contribution in [0.3, 0.4) is 0 Å². The Labute approximate surface area is 201 Å². The quantitative estimate of drug-likeness (QED) is 0.261. The number of carbonyl (C=O) groups excluding carboxylic acids is 2. The molecule has 1 N–H and O–H groups in total. The summed E-state index contributed by atoms with van der Waals surface area (Å²) in [6.07, 6.45) is 9.42. The summed E-state index contributed by atoms with van der Waals surface area (Å²) in [5, 5.41) is 10.1. The van der Waals surface area contributed by atoms with E-state index < -0.39 is 17.3 Å². The second kappa shape index (κ2) is 15.6. The summed E-state index contributed by atoms with van der Waals surface area (Å²) in [6.45, 7) is 0. The number of carbonyl (C=O) groups is 2. The van der Waals surface area contributed by atoms with Crippen molar-refractivity contribution in [1.82, 2.24) is 0 Å². The Bertz CT molecular complexity index is 820. The van der Waals surface area contributed by atoms with Crippen LogP contribution < -0.4 is 0 Å². The number of unbranched alkanes of at least 4 members (excludes halogenated alkanes) is 5. The Morgan fingerprint density at radius 2 is 1.64 bits per heavy atom. The summed E-state index contributed by atoms with van der Waals surface area (Å²) in [6, 6.07) is 11.8. The van der Waals surface area contributed by atoms with Crippen molar-refractivity contribution in [3.05, 3.63) is 59.5 Å². The van der Waals surface area contributed by atoms with Gasteiger partial charge in [-0.15, -0.1) is 11.8 Å². The lowest BCUT2D eigenvalue weighted by Gasteiger charge is -2.23. The SMILES string of the molecule is COC(=O)CCSC(c1ccccc1CCCCCCCCc1ccco1)C(O)C(=O)OC. The second-order valence-electron chi connectivity index (χ2n) is 7.99. The summed E-state index contributed by atoms with van der Waals surface area (Å²) >= 11 is 1.38. The van der Waals surface area contributed by atoms with E-state index in [0.717, 1.165) is 49.0 Å². The first-order valence-electron chi connectivity index (χ1n) is 11.6. The summed E-state index contributed by atoms with van der Waals surface area (Å²) in [4.78, 5) is 23.6. The summed E-state index contributed by atoms with van der Waals surface area (Å²) in [5.74, 6) is 0.513. The first-order valence-corrected chi connectivity index (χ1v) is 12.7. The molecule has 182 valence electrons. The summed E-state index contributed by atoms with van der Waals surface area (Å²) in [5.41, 5.74) is 2.04. The average molecular weight is 477 g/mol. The van der Waals surface area contributed by atoms with Crippen molar-refractivity contribution in [1.29, 1.82) is 0 Å². The van der Waals surface area contributed by atoms with Gasteiger partial charge in [0.25, 0.3) is 0 Å². The largest absolute Gasteiger partial charge is 0.469 e. The molecule has 0 saturated heterocycles. The van der Waals surface area contributed by atoms with E-state index >= 15 is 0 Å². The maximum Gasteiger partial charge on any atom is 0.336 e. The number of aryl methyl sites for hydroxylation is 2. The van der Waals surface area contributed by atoms with Crippen LogP contribution >= 0.6 is 11.8 Å². The molecule has 0 fully saturated rings. The number of furan rings is 1. The number of ether oxygens (including phenoxy) is 2. The van der Waals surface area contributed by atoms with Crippen LogP contribution in [-0.2, 0) is 31.9 Å². The van der Waals surface area contributed by atoms with Gasteiger partial charge in [-0.25, -0.2) is 4.79 Å². The highest BCUT2D eigenvalue weighted by atomic mass is 32.2. The van der Waals surface area contributed by atoms with Crippen molar-refractivity contribution in [2.45, 2.75) is 69.1 Å². The molecule has 2 unspecified atom stereocenters. The van der Waals surface area contributed by atoms with Gasteiger partial charge >= 0.3 is 11.9 Å². The van der Waals surface area contributed by atoms with Crippen LogP contribution in [0.5, 0.6) is 0 Å². The third-order valence-corrected chi connectivity index (χ3v) is 6.93. The molecular weight excluding hydrogens is 440 g/mol. The van der Waals surface area contributed by atoms with Gasteiger partial charge in [-0.3, -0.25) is 4.79 Å². The number of hydrogen-bond donors (Lipinski definition) is 1. The van der Waals surface area contributed by atoms with E-state index in [1.54, 1.807) is 6.26 Å². The van der Waals surface area contributed by atoms with Crippen LogP contribution in [-0.4, -0.2) is 43.1 Å². The summed E-state index contributed by atoms with van der Waals surface area (Å²) in [7, 11) is 2.62. The van der Waals surface area contributed by atoms with Crippen LogP contribution in [0.25, 0.3) is 0 Å². The van der Waals surface area contributed by atoms with Gasteiger partial charge in [0.15, 0.2) is 6.10 Å². The Morgan fingerprint density at radius 3 is 2.30 bits per heavy atom. The third kappa shape index (κ3) is 9.64. The fourth-order valence-electron chi connectivity index (χ4n) is 3.78. The molecule has 1 aromatic carbocycles. The minimum Gasteiger partial charge on any atom is -0.469 e. The lowest BCUT2D eigenvalue weighted by molar-refractivity contribution is -0.150. The van der Waals surface area contributed by atoms with E-state index in [9.17, 15) is 14.7 Å². The zero-order chi connectivity index (χ0) is 23.9. The van der Waals surface area contributed by atoms with Crippen LogP contribution in [0.1, 0.15) is 67.1 Å². The number of thioether (sulfide) groups is 1. The molecule has 7 heteroatoms. The molecule has 0 radical (unpaired) electrons. The third-order valence-electron chi connectivity index (χ3n) is 5.62. The molecule has 2 aromatic rings. The smallest absolute Gasteiger partial charge is 0.336 e. The van der Waals surface area contributed by atoms with Crippen LogP contribution in [0.2, 0.25) is 0 Å². The number of hydrogen-bond acceptors (Lipinski definition) is 7. The fraction of sp³-hybridized carbons (Fsp3) is 0.538. The van der Waals surface area contributed by atoms with Crippen molar-refractivity contribution in [2.75, 3.05) is 20.0 Å². The predicted octanol–water partition coefficient (Wildman–Crippen LogP) is 5.28.